The Morgan fingerprint density at radius 3 is 2.65 bits per heavy atom. The van der Waals surface area contributed by atoms with Gasteiger partial charge in [0.1, 0.15) is 5.78 Å². The lowest BCUT2D eigenvalue weighted by atomic mass is 10.2. The third kappa shape index (κ3) is 3.30. The van der Waals surface area contributed by atoms with Gasteiger partial charge in [0.15, 0.2) is 11.5 Å². The van der Waals surface area contributed by atoms with E-state index in [2.05, 4.69) is 10.2 Å². The van der Waals surface area contributed by atoms with Gasteiger partial charge >= 0.3 is 0 Å². The summed E-state index contributed by atoms with van der Waals surface area (Å²) in [5.41, 5.74) is 0.727. The fourth-order valence-electron chi connectivity index (χ4n) is 1.52. The Morgan fingerprint density at radius 2 is 2.00 bits per heavy atom. The van der Waals surface area contributed by atoms with E-state index in [1.807, 2.05) is 0 Å². The third-order valence-corrected chi connectivity index (χ3v) is 3.40. The van der Waals surface area contributed by atoms with Gasteiger partial charge in [-0.15, -0.1) is 10.2 Å². The lowest BCUT2D eigenvalue weighted by molar-refractivity contribution is -0.114. The summed E-state index contributed by atoms with van der Waals surface area (Å²) in [7, 11) is 3.13. The Labute approximate surface area is 120 Å². The van der Waals surface area contributed by atoms with Crippen LogP contribution in [0.2, 0.25) is 0 Å². The van der Waals surface area contributed by atoms with Crippen molar-refractivity contribution in [3.05, 3.63) is 18.2 Å². The molecule has 0 spiro atoms. The van der Waals surface area contributed by atoms with Gasteiger partial charge < -0.3 is 13.9 Å². The number of rotatable bonds is 6. The van der Waals surface area contributed by atoms with Crippen LogP contribution in [-0.2, 0) is 4.79 Å². The van der Waals surface area contributed by atoms with Gasteiger partial charge in [0.2, 0.25) is 5.89 Å². The van der Waals surface area contributed by atoms with Gasteiger partial charge in [-0.3, -0.25) is 4.79 Å². The smallest absolute Gasteiger partial charge is 0.277 e. The van der Waals surface area contributed by atoms with Gasteiger partial charge in [-0.05, 0) is 25.1 Å². The fourth-order valence-corrected chi connectivity index (χ4v) is 2.08. The minimum absolute atomic E-state index is 0.0564. The SMILES string of the molecule is COc1ccc(-c2nnc(SCC(C)=O)o2)cc1OC. The number of ketones is 1. The summed E-state index contributed by atoms with van der Waals surface area (Å²) in [6.45, 7) is 1.51. The van der Waals surface area contributed by atoms with Crippen LogP contribution >= 0.6 is 11.8 Å². The number of carbonyl (C=O) groups is 1. The number of ether oxygens (including phenoxy) is 2. The number of methoxy groups -OCH3 is 2. The van der Waals surface area contributed by atoms with Crippen LogP contribution in [0.25, 0.3) is 11.5 Å². The third-order valence-electron chi connectivity index (χ3n) is 2.44. The first kappa shape index (κ1) is 14.4. The molecule has 20 heavy (non-hydrogen) atoms. The van der Waals surface area contributed by atoms with Gasteiger partial charge in [-0.25, -0.2) is 0 Å². The Bertz CT molecular complexity index is 612. The van der Waals surface area contributed by atoms with Gasteiger partial charge in [-0.2, -0.15) is 0 Å². The molecular formula is C13H14N2O4S. The molecule has 0 fully saturated rings. The topological polar surface area (TPSA) is 74.5 Å². The molecule has 0 aliphatic carbocycles. The van der Waals surface area contributed by atoms with Gasteiger partial charge in [0, 0.05) is 5.56 Å². The first-order valence-electron chi connectivity index (χ1n) is 5.82. The number of aromatic nitrogens is 2. The van der Waals surface area contributed by atoms with Crippen LogP contribution in [0.4, 0.5) is 0 Å². The number of carbonyl (C=O) groups excluding carboxylic acids is 1. The fraction of sp³-hybridized carbons (Fsp3) is 0.308. The molecule has 6 nitrogen and oxygen atoms in total. The minimum atomic E-state index is 0.0564. The zero-order valence-corrected chi connectivity index (χ0v) is 12.2. The second-order valence-electron chi connectivity index (χ2n) is 3.93. The quantitative estimate of drug-likeness (QED) is 0.757. The highest BCUT2D eigenvalue weighted by Gasteiger charge is 2.12. The largest absolute Gasteiger partial charge is 0.493 e. The monoisotopic (exact) mass is 294 g/mol. The first-order valence-corrected chi connectivity index (χ1v) is 6.80. The number of nitrogens with zero attached hydrogens (tertiary/aromatic N) is 2. The van der Waals surface area contributed by atoms with Crippen LogP contribution in [0.1, 0.15) is 6.92 Å². The number of Topliss-reactive ketones (excluding diaryl/α,β-unsaturated/α-hetero) is 1. The van der Waals surface area contributed by atoms with Crippen molar-refractivity contribution in [1.29, 1.82) is 0 Å². The Balaban J connectivity index is 2.21. The number of thioether (sulfide) groups is 1. The molecule has 1 aromatic heterocycles. The summed E-state index contributed by atoms with van der Waals surface area (Å²) in [4.78, 5) is 10.9. The van der Waals surface area contributed by atoms with Crippen LogP contribution in [0.5, 0.6) is 11.5 Å². The molecule has 0 bridgehead atoms. The van der Waals surface area contributed by atoms with E-state index in [0.717, 1.165) is 5.56 Å². The number of hydrogen-bond acceptors (Lipinski definition) is 7. The molecule has 0 saturated carbocycles. The van der Waals surface area contributed by atoms with E-state index in [0.29, 0.717) is 28.4 Å². The van der Waals surface area contributed by atoms with E-state index in [4.69, 9.17) is 13.9 Å². The zero-order valence-electron chi connectivity index (χ0n) is 11.4. The van der Waals surface area contributed by atoms with Crippen molar-refractivity contribution < 1.29 is 18.7 Å². The highest BCUT2D eigenvalue weighted by atomic mass is 32.2. The van der Waals surface area contributed by atoms with Crippen molar-refractivity contribution in [1.82, 2.24) is 10.2 Å². The molecule has 0 aliphatic rings. The van der Waals surface area contributed by atoms with E-state index < -0.39 is 0 Å². The van der Waals surface area contributed by atoms with Gasteiger partial charge in [0.05, 0.1) is 20.0 Å². The number of hydrogen-bond donors (Lipinski definition) is 0. The maximum Gasteiger partial charge on any atom is 0.277 e. The van der Waals surface area contributed by atoms with Crippen molar-refractivity contribution in [2.75, 3.05) is 20.0 Å². The second-order valence-corrected chi connectivity index (χ2v) is 4.86. The minimum Gasteiger partial charge on any atom is -0.493 e. The van der Waals surface area contributed by atoms with Crippen LogP contribution in [0.3, 0.4) is 0 Å². The number of benzene rings is 1. The second kappa shape index (κ2) is 6.42. The summed E-state index contributed by atoms with van der Waals surface area (Å²) in [5, 5.41) is 8.20. The summed E-state index contributed by atoms with van der Waals surface area (Å²) in [5.74, 6) is 1.95. The standard InChI is InChI=1S/C13H14N2O4S/c1-8(16)7-20-13-15-14-12(19-13)9-4-5-10(17-2)11(6-9)18-3/h4-6H,7H2,1-3H3. The molecule has 2 aromatic rings. The summed E-state index contributed by atoms with van der Waals surface area (Å²) >= 11 is 1.22. The molecule has 0 atom stereocenters. The highest BCUT2D eigenvalue weighted by Crippen LogP contribution is 2.32. The van der Waals surface area contributed by atoms with Crippen LogP contribution < -0.4 is 9.47 Å². The lowest BCUT2D eigenvalue weighted by Crippen LogP contribution is -1.92. The lowest BCUT2D eigenvalue weighted by Gasteiger charge is -2.07. The molecule has 1 heterocycles. The zero-order chi connectivity index (χ0) is 14.5. The van der Waals surface area contributed by atoms with Crippen molar-refractivity contribution >= 4 is 17.5 Å². The molecule has 0 aliphatic heterocycles. The van der Waals surface area contributed by atoms with E-state index in [9.17, 15) is 4.79 Å². The molecular weight excluding hydrogens is 280 g/mol. The van der Waals surface area contributed by atoms with E-state index >= 15 is 0 Å². The highest BCUT2D eigenvalue weighted by molar-refractivity contribution is 7.99. The molecule has 2 rings (SSSR count). The molecule has 0 amide bonds. The van der Waals surface area contributed by atoms with E-state index in [-0.39, 0.29) is 5.78 Å². The van der Waals surface area contributed by atoms with Crippen molar-refractivity contribution in [2.45, 2.75) is 12.1 Å². The predicted molar refractivity (Wildman–Crippen MR) is 74.2 cm³/mol. The molecule has 7 heteroatoms. The predicted octanol–water partition coefficient (Wildman–Crippen LogP) is 2.43. The Hall–Kier alpha value is -2.02. The van der Waals surface area contributed by atoms with Crippen molar-refractivity contribution in [3.63, 3.8) is 0 Å². The maximum absolute atomic E-state index is 10.9. The Kier molecular flexibility index (Phi) is 4.62. The average Bonchev–Trinajstić information content (AvgIpc) is 2.93. The van der Waals surface area contributed by atoms with Crippen LogP contribution in [0.15, 0.2) is 27.8 Å². The molecule has 0 saturated heterocycles. The maximum atomic E-state index is 10.9. The Morgan fingerprint density at radius 1 is 1.25 bits per heavy atom. The molecule has 1 aromatic carbocycles. The molecule has 0 radical (unpaired) electrons. The first-order chi connectivity index (χ1) is 9.63. The van der Waals surface area contributed by atoms with Crippen molar-refractivity contribution in [2.24, 2.45) is 0 Å². The molecule has 0 unspecified atom stereocenters. The average molecular weight is 294 g/mol. The van der Waals surface area contributed by atoms with Crippen molar-refractivity contribution in [3.8, 4) is 23.0 Å². The van der Waals surface area contributed by atoms with Crippen LogP contribution in [-0.4, -0.2) is 36.0 Å². The van der Waals surface area contributed by atoms with Gasteiger partial charge in [0.25, 0.3) is 5.22 Å². The normalized spacial score (nSPS) is 10.3. The van der Waals surface area contributed by atoms with E-state index in [1.165, 1.54) is 18.7 Å². The summed E-state index contributed by atoms with van der Waals surface area (Å²) in [6.07, 6.45) is 0. The van der Waals surface area contributed by atoms with Crippen LogP contribution in [0, 0.1) is 0 Å². The van der Waals surface area contributed by atoms with Gasteiger partial charge in [-0.1, -0.05) is 11.8 Å². The van der Waals surface area contributed by atoms with E-state index in [1.54, 1.807) is 32.4 Å². The summed E-state index contributed by atoms with van der Waals surface area (Å²) < 4.78 is 15.9. The molecule has 0 N–H and O–H groups in total. The summed E-state index contributed by atoms with van der Waals surface area (Å²) in [6, 6.07) is 5.32. The molecule has 106 valence electrons.